The largest absolute Gasteiger partial charge is 0.351 e. The molecule has 5 nitrogen and oxygen atoms in total. The molecule has 0 aliphatic carbocycles. The molecule has 4 heterocycles. The molecule has 1 aliphatic rings. The van der Waals surface area contributed by atoms with Crippen LogP contribution < -0.4 is 10.2 Å². The molecule has 5 rings (SSSR count). The van der Waals surface area contributed by atoms with Crippen molar-refractivity contribution in [3.8, 4) is 5.69 Å². The van der Waals surface area contributed by atoms with Gasteiger partial charge in [0.1, 0.15) is 6.04 Å². The van der Waals surface area contributed by atoms with Gasteiger partial charge in [-0.2, -0.15) is 0 Å². The minimum absolute atomic E-state index is 0.0706. The molecule has 0 radical (unpaired) electrons. The molecule has 4 aromatic rings. The number of nitrogens with one attached hydrogen (secondary N) is 1. The highest BCUT2D eigenvalue weighted by molar-refractivity contribution is 7.80. The first kappa shape index (κ1) is 20.4. The average Bonchev–Trinajstić information content (AvgIpc) is 3.39. The lowest BCUT2D eigenvalue weighted by molar-refractivity contribution is 0.548. The molecule has 0 unspecified atom stereocenters. The minimum Gasteiger partial charge on any atom is -0.351 e. The van der Waals surface area contributed by atoms with Gasteiger partial charge in [0.05, 0.1) is 23.6 Å². The summed E-state index contributed by atoms with van der Waals surface area (Å²) in [6.45, 7) is 4.29. The maximum Gasteiger partial charge on any atom is 0.174 e. The first-order valence-corrected chi connectivity index (χ1v) is 11.3. The van der Waals surface area contributed by atoms with E-state index in [0.717, 1.165) is 34.9 Å². The van der Waals surface area contributed by atoms with Crippen LogP contribution in [0.2, 0.25) is 0 Å². The van der Waals surface area contributed by atoms with Crippen LogP contribution in [0.1, 0.15) is 41.7 Å². The molecule has 3 aromatic heterocycles. The molecule has 6 heteroatoms. The summed E-state index contributed by atoms with van der Waals surface area (Å²) in [7, 11) is 0. The summed E-state index contributed by atoms with van der Waals surface area (Å²) in [6.07, 6.45) is 6.53. The fourth-order valence-corrected chi connectivity index (χ4v) is 4.80. The Hall–Kier alpha value is -3.51. The number of aryl methyl sites for hydroxylation is 2. The number of rotatable bonds is 5. The van der Waals surface area contributed by atoms with E-state index < -0.39 is 0 Å². The number of thiocarbonyl (C=S) groups is 1. The van der Waals surface area contributed by atoms with Crippen LogP contribution in [-0.2, 0) is 6.42 Å². The van der Waals surface area contributed by atoms with E-state index in [1.165, 1.54) is 5.56 Å². The summed E-state index contributed by atoms with van der Waals surface area (Å²) in [5.74, 6) is 0. The van der Waals surface area contributed by atoms with E-state index in [1.54, 1.807) is 6.20 Å². The van der Waals surface area contributed by atoms with Gasteiger partial charge in [0, 0.05) is 29.5 Å². The van der Waals surface area contributed by atoms with Crippen LogP contribution >= 0.6 is 12.2 Å². The fourth-order valence-electron chi connectivity index (χ4n) is 4.45. The van der Waals surface area contributed by atoms with E-state index in [1.807, 2.05) is 30.6 Å². The summed E-state index contributed by atoms with van der Waals surface area (Å²) < 4.78 is 2.26. The lowest BCUT2D eigenvalue weighted by atomic mass is 10.0. The van der Waals surface area contributed by atoms with Crippen LogP contribution in [0, 0.1) is 6.92 Å². The summed E-state index contributed by atoms with van der Waals surface area (Å²) in [5, 5.41) is 4.25. The van der Waals surface area contributed by atoms with Crippen LogP contribution in [-0.4, -0.2) is 19.6 Å². The lowest BCUT2D eigenvalue weighted by Crippen LogP contribution is -2.30. The van der Waals surface area contributed by atoms with E-state index in [0.29, 0.717) is 5.11 Å². The van der Waals surface area contributed by atoms with Crippen molar-refractivity contribution >= 4 is 23.0 Å². The molecular weight excluding hydrogens is 414 g/mol. The van der Waals surface area contributed by atoms with Crippen LogP contribution in [0.3, 0.4) is 0 Å². The summed E-state index contributed by atoms with van der Waals surface area (Å²) in [5.41, 5.74) is 6.65. The van der Waals surface area contributed by atoms with Crippen LogP contribution in [0.5, 0.6) is 0 Å². The third-order valence-electron chi connectivity index (χ3n) is 6.03. The van der Waals surface area contributed by atoms with E-state index in [-0.39, 0.29) is 12.1 Å². The maximum absolute atomic E-state index is 5.87. The Morgan fingerprint density at radius 2 is 1.78 bits per heavy atom. The molecule has 0 spiro atoms. The van der Waals surface area contributed by atoms with Gasteiger partial charge >= 0.3 is 0 Å². The Kier molecular flexibility index (Phi) is 5.45. The molecule has 0 amide bonds. The smallest absolute Gasteiger partial charge is 0.174 e. The van der Waals surface area contributed by atoms with Crippen molar-refractivity contribution < 1.29 is 0 Å². The van der Waals surface area contributed by atoms with Crippen molar-refractivity contribution in [2.24, 2.45) is 0 Å². The van der Waals surface area contributed by atoms with Gasteiger partial charge in [0.15, 0.2) is 5.11 Å². The molecule has 1 saturated heterocycles. The molecular formula is C26H25N5S. The van der Waals surface area contributed by atoms with Gasteiger partial charge in [0.2, 0.25) is 0 Å². The van der Waals surface area contributed by atoms with E-state index in [9.17, 15) is 0 Å². The van der Waals surface area contributed by atoms with E-state index in [2.05, 4.69) is 87.1 Å². The Morgan fingerprint density at radius 3 is 2.47 bits per heavy atom. The molecule has 1 N–H and O–H groups in total. The van der Waals surface area contributed by atoms with Crippen molar-refractivity contribution in [2.75, 3.05) is 4.90 Å². The molecule has 32 heavy (non-hydrogen) atoms. The van der Waals surface area contributed by atoms with Crippen molar-refractivity contribution in [3.63, 3.8) is 0 Å². The average molecular weight is 440 g/mol. The number of benzene rings is 1. The molecule has 0 saturated carbocycles. The van der Waals surface area contributed by atoms with Gasteiger partial charge < -0.3 is 14.8 Å². The van der Waals surface area contributed by atoms with Crippen LogP contribution in [0.25, 0.3) is 5.69 Å². The summed E-state index contributed by atoms with van der Waals surface area (Å²) in [6, 6.07) is 22.9. The molecule has 0 bridgehead atoms. The van der Waals surface area contributed by atoms with Crippen LogP contribution in [0.4, 0.5) is 5.69 Å². The highest BCUT2D eigenvalue weighted by Crippen LogP contribution is 2.42. The van der Waals surface area contributed by atoms with Crippen molar-refractivity contribution in [1.82, 2.24) is 19.9 Å². The first-order valence-electron chi connectivity index (χ1n) is 10.9. The summed E-state index contributed by atoms with van der Waals surface area (Å²) >= 11 is 5.87. The number of aromatic nitrogens is 3. The lowest BCUT2D eigenvalue weighted by Gasteiger charge is -2.29. The third kappa shape index (κ3) is 3.56. The predicted octanol–water partition coefficient (Wildman–Crippen LogP) is 5.32. The Labute approximate surface area is 193 Å². The SMILES string of the molecule is CCc1ccc(N2C(=S)N[C@H](c3ccccn3)[C@H]2c2ccc(C)n2-c2cccnc2)cc1. The monoisotopic (exact) mass is 439 g/mol. The first-order chi connectivity index (χ1) is 15.7. The van der Waals surface area contributed by atoms with Crippen molar-refractivity contribution in [2.45, 2.75) is 32.4 Å². The Balaban J connectivity index is 1.68. The van der Waals surface area contributed by atoms with Gasteiger partial charge in [-0.15, -0.1) is 0 Å². The van der Waals surface area contributed by atoms with Gasteiger partial charge in [0.25, 0.3) is 0 Å². The Morgan fingerprint density at radius 1 is 0.938 bits per heavy atom. The second kappa shape index (κ2) is 8.55. The van der Waals surface area contributed by atoms with Gasteiger partial charge in [-0.05, 0) is 79.7 Å². The maximum atomic E-state index is 5.87. The molecule has 1 fully saturated rings. The topological polar surface area (TPSA) is 46.0 Å². The number of nitrogens with zero attached hydrogens (tertiary/aromatic N) is 4. The third-order valence-corrected chi connectivity index (χ3v) is 6.35. The molecule has 2 atom stereocenters. The van der Waals surface area contributed by atoms with Gasteiger partial charge in [-0.1, -0.05) is 25.1 Å². The Bertz CT molecular complexity index is 1220. The minimum atomic E-state index is -0.0840. The number of pyridine rings is 2. The standard InChI is InChI=1S/C26H25N5S/c1-3-19-10-12-20(13-11-19)31-25(24(29-26(31)32)22-8-4-5-16-28-22)23-14-9-18(2)30(23)21-7-6-15-27-17-21/h4-17,24-25H,3H2,1-2H3,(H,29,32)/t24-,25-/m1/s1. The molecule has 1 aliphatic heterocycles. The summed E-state index contributed by atoms with van der Waals surface area (Å²) in [4.78, 5) is 11.2. The zero-order valence-corrected chi connectivity index (χ0v) is 19.0. The normalized spacial score (nSPS) is 18.1. The predicted molar refractivity (Wildman–Crippen MR) is 132 cm³/mol. The fraction of sp³-hybridized carbons (Fsp3) is 0.192. The van der Waals surface area contributed by atoms with Gasteiger partial charge in [-0.25, -0.2) is 0 Å². The van der Waals surface area contributed by atoms with Gasteiger partial charge in [-0.3, -0.25) is 9.97 Å². The van der Waals surface area contributed by atoms with Crippen LogP contribution in [0.15, 0.2) is 85.3 Å². The van der Waals surface area contributed by atoms with Crippen molar-refractivity contribution in [1.29, 1.82) is 0 Å². The van der Waals surface area contributed by atoms with E-state index >= 15 is 0 Å². The second-order valence-corrected chi connectivity index (χ2v) is 8.35. The zero-order valence-electron chi connectivity index (χ0n) is 18.1. The molecule has 1 aromatic carbocycles. The number of hydrogen-bond acceptors (Lipinski definition) is 3. The zero-order chi connectivity index (χ0) is 22.1. The second-order valence-electron chi connectivity index (χ2n) is 7.96. The van der Waals surface area contributed by atoms with Crippen molar-refractivity contribution in [3.05, 3.63) is 108 Å². The quantitative estimate of drug-likeness (QED) is 0.427. The highest BCUT2D eigenvalue weighted by Gasteiger charge is 2.42. The highest BCUT2D eigenvalue weighted by atomic mass is 32.1. The number of anilines is 1. The molecule has 160 valence electrons. The number of hydrogen-bond donors (Lipinski definition) is 1. The van der Waals surface area contributed by atoms with E-state index in [4.69, 9.17) is 12.2 Å².